The fourth-order valence-corrected chi connectivity index (χ4v) is 2.73. The summed E-state index contributed by atoms with van der Waals surface area (Å²) in [5.74, 6) is 0. The summed E-state index contributed by atoms with van der Waals surface area (Å²) in [5.41, 5.74) is 4.22. The fourth-order valence-electron chi connectivity index (χ4n) is 2.73. The molecule has 0 atom stereocenters. The lowest BCUT2D eigenvalue weighted by atomic mass is 10.0. The lowest BCUT2D eigenvalue weighted by Gasteiger charge is -2.08. The zero-order valence-corrected chi connectivity index (χ0v) is 11.6. The molecule has 1 nitrogen and oxygen atoms in total. The number of rotatable bonds is 2. The Hall–Kier alpha value is -2.54. The Balaban J connectivity index is 1.93. The highest BCUT2D eigenvalue weighted by atomic mass is 19.4. The van der Waals surface area contributed by atoms with E-state index in [0.29, 0.717) is 12.8 Å². The van der Waals surface area contributed by atoms with Crippen molar-refractivity contribution in [1.82, 2.24) is 0 Å². The molecule has 0 heterocycles. The van der Waals surface area contributed by atoms with Crippen LogP contribution in [-0.2, 0) is 19.0 Å². The lowest BCUT2D eigenvalue weighted by Crippen LogP contribution is -2.04. The number of halogens is 3. The lowest BCUT2D eigenvalue weighted by molar-refractivity contribution is -0.137. The molecule has 22 heavy (non-hydrogen) atoms. The number of benzene rings is 2. The molecule has 1 aliphatic carbocycles. The fraction of sp³-hybridized carbons (Fsp3) is 0.167. The van der Waals surface area contributed by atoms with E-state index >= 15 is 0 Å². The average Bonchev–Trinajstić information content (AvgIpc) is 2.92. The number of fused-ring (bicyclic) bond motifs is 1. The maximum atomic E-state index is 12.6. The molecular weight excluding hydrogens is 287 g/mol. The second-order valence-electron chi connectivity index (χ2n) is 5.25. The predicted octanol–water partition coefficient (Wildman–Crippen LogP) is 4.87. The Morgan fingerprint density at radius 2 is 1.77 bits per heavy atom. The van der Waals surface area contributed by atoms with Gasteiger partial charge >= 0.3 is 6.18 Å². The number of allylic oxidation sites excluding steroid dienone is 1. The third-order valence-corrected chi connectivity index (χ3v) is 3.84. The van der Waals surface area contributed by atoms with E-state index in [-0.39, 0.29) is 0 Å². The van der Waals surface area contributed by atoms with Gasteiger partial charge in [0.2, 0.25) is 0 Å². The van der Waals surface area contributed by atoms with Crippen LogP contribution in [0, 0.1) is 11.3 Å². The molecule has 4 heteroatoms. The molecule has 0 amide bonds. The van der Waals surface area contributed by atoms with Crippen LogP contribution in [0.4, 0.5) is 13.2 Å². The summed E-state index contributed by atoms with van der Waals surface area (Å²) >= 11 is 0. The second kappa shape index (κ2) is 5.34. The van der Waals surface area contributed by atoms with Crippen molar-refractivity contribution in [2.75, 3.05) is 0 Å². The second-order valence-corrected chi connectivity index (χ2v) is 5.25. The summed E-state index contributed by atoms with van der Waals surface area (Å²) in [6.45, 7) is 0. The summed E-state index contributed by atoms with van der Waals surface area (Å²) < 4.78 is 37.8. The van der Waals surface area contributed by atoms with Gasteiger partial charge in [0.05, 0.1) is 18.1 Å². The molecule has 2 aromatic rings. The van der Waals surface area contributed by atoms with Crippen molar-refractivity contribution < 1.29 is 13.2 Å². The molecule has 0 fully saturated rings. The van der Waals surface area contributed by atoms with Gasteiger partial charge in [0.25, 0.3) is 0 Å². The van der Waals surface area contributed by atoms with E-state index in [4.69, 9.17) is 5.26 Å². The highest BCUT2D eigenvalue weighted by molar-refractivity contribution is 5.89. The van der Waals surface area contributed by atoms with Crippen LogP contribution >= 0.6 is 0 Å². The van der Waals surface area contributed by atoms with E-state index < -0.39 is 11.7 Å². The van der Waals surface area contributed by atoms with Crippen molar-refractivity contribution in [2.45, 2.75) is 19.0 Å². The Morgan fingerprint density at radius 3 is 2.41 bits per heavy atom. The van der Waals surface area contributed by atoms with Gasteiger partial charge in [-0.05, 0) is 46.4 Å². The van der Waals surface area contributed by atoms with Crippen LogP contribution < -0.4 is 0 Å². The SMILES string of the molecule is N#CCc1cccc2c1C=C(c1ccc(C(F)(F)F)cc1)C2. The summed E-state index contributed by atoms with van der Waals surface area (Å²) in [7, 11) is 0. The Labute approximate surface area is 126 Å². The van der Waals surface area contributed by atoms with Crippen LogP contribution in [0.2, 0.25) is 0 Å². The van der Waals surface area contributed by atoms with E-state index in [1.807, 2.05) is 24.3 Å². The minimum atomic E-state index is -4.31. The number of nitrogens with zero attached hydrogens (tertiary/aromatic N) is 1. The van der Waals surface area contributed by atoms with Crippen molar-refractivity contribution in [3.05, 3.63) is 70.3 Å². The molecule has 0 radical (unpaired) electrons. The Bertz CT molecular complexity index is 777. The molecule has 0 N–H and O–H groups in total. The maximum Gasteiger partial charge on any atom is 0.416 e. The van der Waals surface area contributed by atoms with Gasteiger partial charge in [-0.25, -0.2) is 0 Å². The van der Waals surface area contributed by atoms with E-state index in [0.717, 1.165) is 40.0 Å². The molecule has 0 saturated carbocycles. The molecule has 3 rings (SSSR count). The monoisotopic (exact) mass is 299 g/mol. The van der Waals surface area contributed by atoms with E-state index in [1.165, 1.54) is 12.1 Å². The molecule has 0 unspecified atom stereocenters. The van der Waals surface area contributed by atoms with Crippen molar-refractivity contribution >= 4 is 11.6 Å². The number of nitriles is 1. The third kappa shape index (κ3) is 2.62. The van der Waals surface area contributed by atoms with E-state index in [1.54, 1.807) is 0 Å². The van der Waals surface area contributed by atoms with Crippen molar-refractivity contribution in [3.8, 4) is 6.07 Å². The zero-order chi connectivity index (χ0) is 15.7. The van der Waals surface area contributed by atoms with E-state index in [2.05, 4.69) is 6.07 Å². The predicted molar refractivity (Wildman–Crippen MR) is 78.8 cm³/mol. The van der Waals surface area contributed by atoms with Gasteiger partial charge in [-0.15, -0.1) is 0 Å². The highest BCUT2D eigenvalue weighted by Crippen LogP contribution is 2.35. The largest absolute Gasteiger partial charge is 0.416 e. The number of hydrogen-bond acceptors (Lipinski definition) is 1. The van der Waals surface area contributed by atoms with Crippen molar-refractivity contribution in [1.29, 1.82) is 5.26 Å². The Morgan fingerprint density at radius 1 is 1.05 bits per heavy atom. The summed E-state index contributed by atoms with van der Waals surface area (Å²) in [6, 6.07) is 13.2. The van der Waals surface area contributed by atoms with Gasteiger partial charge in [0.15, 0.2) is 0 Å². The topological polar surface area (TPSA) is 23.8 Å². The van der Waals surface area contributed by atoms with E-state index in [9.17, 15) is 13.2 Å². The first-order valence-corrected chi connectivity index (χ1v) is 6.85. The molecular formula is C18H12F3N. The molecule has 0 spiro atoms. The van der Waals surface area contributed by atoms with Crippen LogP contribution in [0.15, 0.2) is 42.5 Å². The minimum Gasteiger partial charge on any atom is -0.198 e. The van der Waals surface area contributed by atoms with Gasteiger partial charge < -0.3 is 0 Å². The first-order valence-electron chi connectivity index (χ1n) is 6.85. The van der Waals surface area contributed by atoms with Gasteiger partial charge in [0, 0.05) is 0 Å². The molecule has 1 aliphatic rings. The van der Waals surface area contributed by atoms with Crippen molar-refractivity contribution in [3.63, 3.8) is 0 Å². The van der Waals surface area contributed by atoms with Crippen molar-refractivity contribution in [2.24, 2.45) is 0 Å². The van der Waals surface area contributed by atoms with Gasteiger partial charge in [-0.1, -0.05) is 36.4 Å². The number of hydrogen-bond donors (Lipinski definition) is 0. The normalized spacial score (nSPS) is 13.5. The molecule has 0 saturated heterocycles. The molecule has 0 bridgehead atoms. The van der Waals surface area contributed by atoms with Crippen LogP contribution in [0.25, 0.3) is 11.6 Å². The average molecular weight is 299 g/mol. The smallest absolute Gasteiger partial charge is 0.198 e. The maximum absolute atomic E-state index is 12.6. The molecule has 110 valence electrons. The minimum absolute atomic E-state index is 0.333. The summed E-state index contributed by atoms with van der Waals surface area (Å²) in [4.78, 5) is 0. The third-order valence-electron chi connectivity index (χ3n) is 3.84. The standard InChI is InChI=1S/C18H12F3N/c19-18(20,21)16-6-4-12(5-7-16)15-10-14-3-1-2-13(8-9-22)17(14)11-15/h1-7,11H,8,10H2. The van der Waals surface area contributed by atoms with Crippen LogP contribution in [0.3, 0.4) is 0 Å². The van der Waals surface area contributed by atoms with Gasteiger partial charge in [0.1, 0.15) is 0 Å². The summed E-state index contributed by atoms with van der Waals surface area (Å²) in [6.07, 6.45) is -1.32. The van der Waals surface area contributed by atoms with Gasteiger partial charge in [-0.3, -0.25) is 0 Å². The highest BCUT2D eigenvalue weighted by Gasteiger charge is 2.30. The number of alkyl halides is 3. The first kappa shape index (κ1) is 14.4. The zero-order valence-electron chi connectivity index (χ0n) is 11.6. The quantitative estimate of drug-likeness (QED) is 0.776. The first-order chi connectivity index (χ1) is 10.5. The molecule has 2 aromatic carbocycles. The molecule has 0 aliphatic heterocycles. The Kier molecular flexibility index (Phi) is 3.50. The van der Waals surface area contributed by atoms with Gasteiger partial charge in [-0.2, -0.15) is 18.4 Å². The van der Waals surface area contributed by atoms with Crippen LogP contribution in [0.5, 0.6) is 0 Å². The van der Waals surface area contributed by atoms with Crippen LogP contribution in [-0.4, -0.2) is 0 Å². The summed E-state index contributed by atoms with van der Waals surface area (Å²) in [5, 5.41) is 8.86. The molecule has 0 aromatic heterocycles. The van der Waals surface area contributed by atoms with Crippen LogP contribution in [0.1, 0.15) is 27.8 Å².